The van der Waals surface area contributed by atoms with E-state index in [9.17, 15) is 4.79 Å². The molecule has 0 spiro atoms. The fourth-order valence-electron chi connectivity index (χ4n) is 1.40. The third kappa shape index (κ3) is 3.21. The van der Waals surface area contributed by atoms with E-state index in [1.165, 1.54) is 4.43 Å². The van der Waals surface area contributed by atoms with Gasteiger partial charge in [-0.1, -0.05) is 0 Å². The van der Waals surface area contributed by atoms with Gasteiger partial charge in [0.2, 0.25) is 0 Å². The first kappa shape index (κ1) is 11.4. The summed E-state index contributed by atoms with van der Waals surface area (Å²) >= 11 is -0.995. The standard InChI is InChI=1S/C10H18INO3/c1-10(2,3)15-9(13)12-5-4-11(7-12)8-6-14-8/h8H,4-7H2,1-3H3/q-1/t8-/m1/s1. The van der Waals surface area contributed by atoms with Gasteiger partial charge in [0.05, 0.1) is 0 Å². The van der Waals surface area contributed by atoms with Crippen molar-refractivity contribution in [1.29, 1.82) is 0 Å². The normalized spacial score (nSPS) is 28.1. The summed E-state index contributed by atoms with van der Waals surface area (Å²) in [5.74, 6) is 0. The topological polar surface area (TPSA) is 42.1 Å². The second kappa shape index (κ2) is 4.08. The van der Waals surface area contributed by atoms with Crippen LogP contribution in [0.5, 0.6) is 0 Å². The second-order valence-corrected chi connectivity index (χ2v) is 10.8. The molecule has 0 aliphatic carbocycles. The molecule has 89 valence electrons. The molecule has 2 heterocycles. The van der Waals surface area contributed by atoms with Crippen LogP contribution in [0.2, 0.25) is 0 Å². The van der Waals surface area contributed by atoms with Crippen LogP contribution in [0.3, 0.4) is 0 Å². The maximum atomic E-state index is 11.7. The molecule has 1 atom stereocenters. The molecule has 0 N–H and O–H groups in total. The van der Waals surface area contributed by atoms with Crippen molar-refractivity contribution in [3.63, 3.8) is 0 Å². The van der Waals surface area contributed by atoms with Crippen molar-refractivity contribution in [3.05, 3.63) is 0 Å². The van der Waals surface area contributed by atoms with E-state index in [-0.39, 0.29) is 11.7 Å². The minimum absolute atomic E-state index is 0.150. The fraction of sp³-hybridized carbons (Fsp3) is 0.900. The monoisotopic (exact) mass is 327 g/mol. The van der Waals surface area contributed by atoms with Gasteiger partial charge in [-0.05, 0) is 0 Å². The van der Waals surface area contributed by atoms with Crippen LogP contribution < -0.4 is 19.8 Å². The molecule has 5 heteroatoms. The molecule has 4 nitrogen and oxygen atoms in total. The number of carbonyl (C=O) groups excluding carboxylic acids is 1. The summed E-state index contributed by atoms with van der Waals surface area (Å²) in [6, 6.07) is 0. The van der Waals surface area contributed by atoms with Crippen LogP contribution in [0.1, 0.15) is 20.8 Å². The number of nitrogens with zero attached hydrogens (tertiary/aromatic N) is 1. The number of hydrogen-bond donors (Lipinski definition) is 0. The van der Waals surface area contributed by atoms with E-state index >= 15 is 0 Å². The van der Waals surface area contributed by atoms with Crippen LogP contribution in [-0.4, -0.2) is 42.8 Å². The number of halogens is 1. The van der Waals surface area contributed by atoms with Crippen LogP contribution >= 0.6 is 0 Å². The summed E-state index contributed by atoms with van der Waals surface area (Å²) in [6.45, 7) is 7.52. The van der Waals surface area contributed by atoms with Crippen molar-refractivity contribution >= 4 is 6.09 Å². The van der Waals surface area contributed by atoms with Crippen molar-refractivity contribution in [2.75, 3.05) is 22.1 Å². The molecular formula is C10H18INO3-. The molecule has 2 aliphatic heterocycles. The van der Waals surface area contributed by atoms with Crippen LogP contribution in [0.15, 0.2) is 0 Å². The van der Waals surface area contributed by atoms with Crippen LogP contribution in [0.25, 0.3) is 0 Å². The van der Waals surface area contributed by atoms with E-state index in [4.69, 9.17) is 9.47 Å². The number of ether oxygens (including phenoxy) is 2. The SMILES string of the molecule is CC(C)(C)OC(=O)N1CC[I-]([C@H]2CO2)C1. The van der Waals surface area contributed by atoms with Gasteiger partial charge in [-0.2, -0.15) is 0 Å². The Morgan fingerprint density at radius 2 is 2.20 bits per heavy atom. The first-order chi connectivity index (χ1) is 6.96. The first-order valence-electron chi connectivity index (χ1n) is 5.15. The summed E-state index contributed by atoms with van der Waals surface area (Å²) in [5, 5.41) is 0. The minimum atomic E-state index is -0.995. The van der Waals surface area contributed by atoms with Gasteiger partial charge in [-0.25, -0.2) is 0 Å². The quantitative estimate of drug-likeness (QED) is 0.246. The van der Waals surface area contributed by atoms with Crippen molar-refractivity contribution in [2.24, 2.45) is 0 Å². The second-order valence-electron chi connectivity index (χ2n) is 4.79. The van der Waals surface area contributed by atoms with Gasteiger partial charge < -0.3 is 0 Å². The Morgan fingerprint density at radius 1 is 1.53 bits per heavy atom. The van der Waals surface area contributed by atoms with E-state index in [1.807, 2.05) is 25.7 Å². The van der Waals surface area contributed by atoms with E-state index in [2.05, 4.69) is 0 Å². The summed E-state index contributed by atoms with van der Waals surface area (Å²) in [4.78, 5) is 13.6. The van der Waals surface area contributed by atoms with E-state index < -0.39 is 19.8 Å². The summed E-state index contributed by atoms with van der Waals surface area (Å²) in [5.41, 5.74) is -0.380. The molecule has 2 aliphatic rings. The summed E-state index contributed by atoms with van der Waals surface area (Å²) in [7, 11) is 0. The fourth-order valence-corrected chi connectivity index (χ4v) is 6.97. The molecule has 1 amide bonds. The van der Waals surface area contributed by atoms with Crippen LogP contribution in [0, 0.1) is 0 Å². The molecule has 0 aromatic rings. The molecule has 15 heavy (non-hydrogen) atoms. The zero-order chi connectivity index (χ0) is 11.1. The van der Waals surface area contributed by atoms with Gasteiger partial charge >= 0.3 is 97.7 Å². The molecule has 1 radical (unpaired) electrons. The molecule has 0 unspecified atom stereocenters. The molecule has 2 saturated heterocycles. The zero-order valence-corrected chi connectivity index (χ0v) is 11.6. The Balaban J connectivity index is 1.82. The Bertz CT molecular complexity index is 260. The van der Waals surface area contributed by atoms with Crippen molar-refractivity contribution in [2.45, 2.75) is 30.5 Å². The Kier molecular flexibility index (Phi) is 3.12. The van der Waals surface area contributed by atoms with Gasteiger partial charge in [0.1, 0.15) is 0 Å². The van der Waals surface area contributed by atoms with Gasteiger partial charge in [0.15, 0.2) is 0 Å². The zero-order valence-electron chi connectivity index (χ0n) is 9.46. The van der Waals surface area contributed by atoms with Gasteiger partial charge in [0.25, 0.3) is 0 Å². The first-order valence-corrected chi connectivity index (χ1v) is 9.45. The number of carbonyl (C=O) groups is 1. The number of amides is 1. The van der Waals surface area contributed by atoms with Crippen molar-refractivity contribution < 1.29 is 34.1 Å². The summed E-state index contributed by atoms with van der Waals surface area (Å²) < 4.78 is 13.4. The third-order valence-corrected chi connectivity index (χ3v) is 8.44. The number of hydrogen-bond acceptors (Lipinski definition) is 3. The molecular weight excluding hydrogens is 309 g/mol. The van der Waals surface area contributed by atoms with Crippen molar-refractivity contribution in [3.8, 4) is 0 Å². The van der Waals surface area contributed by atoms with Crippen LogP contribution in [0.4, 0.5) is 4.79 Å². The van der Waals surface area contributed by atoms with Gasteiger partial charge in [0, 0.05) is 0 Å². The average Bonchev–Trinajstić information content (AvgIpc) is 2.81. The number of rotatable bonds is 1. The molecule has 0 aromatic carbocycles. The van der Waals surface area contributed by atoms with Gasteiger partial charge in [-0.15, -0.1) is 0 Å². The van der Waals surface area contributed by atoms with Crippen molar-refractivity contribution in [1.82, 2.24) is 4.90 Å². The Labute approximate surface area is 97.7 Å². The third-order valence-electron chi connectivity index (χ3n) is 2.18. The van der Waals surface area contributed by atoms with E-state index in [0.717, 1.165) is 17.7 Å². The number of alkyl halides is 3. The molecule has 0 bridgehead atoms. The van der Waals surface area contributed by atoms with E-state index in [0.29, 0.717) is 4.11 Å². The van der Waals surface area contributed by atoms with Gasteiger partial charge in [-0.3, -0.25) is 0 Å². The summed E-state index contributed by atoms with van der Waals surface area (Å²) in [6.07, 6.45) is -0.150. The maximum absolute atomic E-state index is 11.7. The average molecular weight is 327 g/mol. The Hall–Kier alpha value is -0.0400. The molecule has 0 aromatic heterocycles. The predicted molar refractivity (Wildman–Crippen MR) is 52.4 cm³/mol. The number of epoxide rings is 1. The molecule has 0 saturated carbocycles. The Morgan fingerprint density at radius 3 is 2.73 bits per heavy atom. The molecule has 2 fully saturated rings. The van der Waals surface area contributed by atoms with E-state index in [1.54, 1.807) is 0 Å². The predicted octanol–water partition coefficient (Wildman–Crippen LogP) is -1.82. The van der Waals surface area contributed by atoms with Crippen LogP contribution in [-0.2, 0) is 9.47 Å². The molecule has 2 rings (SSSR count).